The highest BCUT2D eigenvalue weighted by molar-refractivity contribution is 6.29. The van der Waals surface area contributed by atoms with Crippen molar-refractivity contribution in [2.24, 2.45) is 0 Å². The third-order valence-corrected chi connectivity index (χ3v) is 2.75. The van der Waals surface area contributed by atoms with Gasteiger partial charge in [-0.1, -0.05) is 11.6 Å². The molecule has 1 heterocycles. The number of hydrogen-bond donors (Lipinski definition) is 0. The van der Waals surface area contributed by atoms with Gasteiger partial charge in [-0.15, -0.1) is 0 Å². The van der Waals surface area contributed by atoms with E-state index in [1.807, 2.05) is 0 Å². The molecular weight excluding hydrogens is 236 g/mol. The second-order valence-electron chi connectivity index (χ2n) is 3.57. The van der Waals surface area contributed by atoms with Crippen molar-refractivity contribution in [3.63, 3.8) is 0 Å². The van der Waals surface area contributed by atoms with Gasteiger partial charge in [0.2, 0.25) is 0 Å². The summed E-state index contributed by atoms with van der Waals surface area (Å²) in [5, 5.41) is 0.690. The lowest BCUT2D eigenvalue weighted by atomic mass is 10.0. The number of rotatable bonds is 1. The molecule has 0 saturated carbocycles. The van der Waals surface area contributed by atoms with Gasteiger partial charge in [0.1, 0.15) is 5.15 Å². The van der Waals surface area contributed by atoms with E-state index in [1.54, 1.807) is 0 Å². The van der Waals surface area contributed by atoms with E-state index in [1.165, 1.54) is 13.1 Å². The summed E-state index contributed by atoms with van der Waals surface area (Å²) < 4.78 is 26.3. The van der Waals surface area contributed by atoms with Gasteiger partial charge in [0, 0.05) is 17.0 Å². The Bertz CT molecular complexity index is 570. The fraction of sp³-hybridized carbons (Fsp3) is 0.273. The van der Waals surface area contributed by atoms with E-state index < -0.39 is 12.3 Å². The molecule has 5 heteroatoms. The molecule has 84 valence electrons. The molecule has 1 aliphatic carbocycles. The lowest BCUT2D eigenvalue weighted by Crippen LogP contribution is -2.39. The molecular formula is C11H8ClF2NO. The van der Waals surface area contributed by atoms with Crippen LogP contribution in [0.25, 0.3) is 12.2 Å². The number of hydrogen-bond acceptors (Lipinski definition) is 2. The molecule has 16 heavy (non-hydrogen) atoms. The van der Waals surface area contributed by atoms with E-state index in [2.05, 4.69) is 4.98 Å². The van der Waals surface area contributed by atoms with Crippen LogP contribution in [0, 0.1) is 0 Å². The summed E-state index contributed by atoms with van der Waals surface area (Å²) in [7, 11) is 0. The topological polar surface area (TPSA) is 30.0 Å². The summed E-state index contributed by atoms with van der Waals surface area (Å²) in [4.78, 5) is 15.1. The Balaban J connectivity index is 2.85. The minimum absolute atomic E-state index is 0.0748. The van der Waals surface area contributed by atoms with Crippen molar-refractivity contribution in [3.05, 3.63) is 27.4 Å². The molecule has 0 N–H and O–H groups in total. The monoisotopic (exact) mass is 243 g/mol. The molecule has 0 saturated heterocycles. The minimum atomic E-state index is -1.75. The van der Waals surface area contributed by atoms with Crippen LogP contribution in [0.2, 0.25) is 5.15 Å². The molecule has 0 bridgehead atoms. The number of halogens is 3. The second kappa shape index (κ2) is 3.94. The first-order valence-corrected chi connectivity index (χ1v) is 5.06. The first-order valence-electron chi connectivity index (χ1n) is 4.68. The molecule has 1 unspecified atom stereocenters. The van der Waals surface area contributed by atoms with Crippen LogP contribution in [0.3, 0.4) is 0 Å². The van der Waals surface area contributed by atoms with Gasteiger partial charge in [-0.25, -0.2) is 13.8 Å². The smallest absolute Gasteiger partial charge is 0.161 e. The van der Waals surface area contributed by atoms with Crippen molar-refractivity contribution in [1.29, 1.82) is 0 Å². The number of nitrogens with zero attached hydrogens (tertiary/aromatic N) is 1. The predicted molar refractivity (Wildman–Crippen MR) is 57.2 cm³/mol. The van der Waals surface area contributed by atoms with Gasteiger partial charge in [0.05, 0.1) is 0 Å². The molecule has 1 aromatic heterocycles. The third-order valence-electron chi connectivity index (χ3n) is 2.44. The zero-order valence-electron chi connectivity index (χ0n) is 8.38. The summed E-state index contributed by atoms with van der Waals surface area (Å²) in [6.07, 6.45) is -0.0800. The largest absolute Gasteiger partial charge is 0.294 e. The number of ketones is 1. The van der Waals surface area contributed by atoms with Crippen molar-refractivity contribution < 1.29 is 13.6 Å². The van der Waals surface area contributed by atoms with Gasteiger partial charge in [-0.05, 0) is 24.3 Å². The van der Waals surface area contributed by atoms with Crippen molar-refractivity contribution in [1.82, 2.24) is 4.98 Å². The summed E-state index contributed by atoms with van der Waals surface area (Å²) in [5.41, 5.74) is 0.255. The molecule has 2 nitrogen and oxygen atoms in total. The number of alkyl halides is 2. The fourth-order valence-corrected chi connectivity index (χ4v) is 1.85. The number of carbonyl (C=O) groups is 1. The van der Waals surface area contributed by atoms with Crippen LogP contribution in [0.15, 0.2) is 6.20 Å². The zero-order valence-corrected chi connectivity index (χ0v) is 9.13. The number of fused-ring (bicyclic) bond motifs is 1. The van der Waals surface area contributed by atoms with Crippen molar-refractivity contribution >= 4 is 29.5 Å². The predicted octanol–water partition coefficient (Wildman–Crippen LogP) is 1.19. The molecule has 0 radical (unpaired) electrons. The van der Waals surface area contributed by atoms with E-state index in [0.29, 0.717) is 5.22 Å². The zero-order chi connectivity index (χ0) is 11.9. The Morgan fingerprint density at radius 3 is 2.44 bits per heavy atom. The first-order chi connectivity index (χ1) is 7.50. The molecule has 0 fully saturated rings. The second-order valence-corrected chi connectivity index (χ2v) is 3.93. The number of carbonyl (C=O) groups excluding carboxylic acids is 1. The Morgan fingerprint density at radius 2 is 1.88 bits per heavy atom. The highest BCUT2D eigenvalue weighted by Crippen LogP contribution is 2.11. The molecule has 0 amide bonds. The van der Waals surface area contributed by atoms with Crippen LogP contribution in [0.1, 0.15) is 17.3 Å². The van der Waals surface area contributed by atoms with E-state index in [0.717, 1.165) is 12.2 Å². The molecule has 2 rings (SSSR count). The normalized spacial score (nSPS) is 23.0. The van der Waals surface area contributed by atoms with Crippen LogP contribution in [-0.4, -0.2) is 23.1 Å². The molecule has 1 aromatic rings. The van der Waals surface area contributed by atoms with Crippen LogP contribution in [-0.2, 0) is 0 Å². The third kappa shape index (κ3) is 1.73. The SMILES string of the molecule is CC(=O)c1cnc(Cl)c2c1=CC(F)[C@@H](F)C=2. The molecule has 0 aromatic carbocycles. The van der Waals surface area contributed by atoms with Crippen LogP contribution < -0.4 is 10.4 Å². The average Bonchev–Trinajstić information content (AvgIpc) is 2.21. The van der Waals surface area contributed by atoms with Gasteiger partial charge in [-0.3, -0.25) is 4.79 Å². The Morgan fingerprint density at radius 1 is 1.31 bits per heavy atom. The standard InChI is InChI=1S/C11H8ClF2NO/c1-5(16)8-4-15-11(12)7-3-10(14)9(13)2-6(7)8/h2-4,9-10H,1H3/t9?,10-/m0/s1. The lowest BCUT2D eigenvalue weighted by Gasteiger charge is -2.12. The highest BCUT2D eigenvalue weighted by atomic mass is 35.5. The van der Waals surface area contributed by atoms with E-state index in [9.17, 15) is 13.6 Å². The van der Waals surface area contributed by atoms with Crippen LogP contribution >= 0.6 is 11.6 Å². The number of Topliss-reactive ketones (excluding diaryl/α,β-unsaturated/α-hetero) is 1. The van der Waals surface area contributed by atoms with Crippen molar-refractivity contribution in [3.8, 4) is 0 Å². The summed E-state index contributed by atoms with van der Waals surface area (Å²) in [5.74, 6) is -0.255. The van der Waals surface area contributed by atoms with Crippen molar-refractivity contribution in [2.75, 3.05) is 0 Å². The van der Waals surface area contributed by atoms with Gasteiger partial charge in [0.25, 0.3) is 0 Å². The Labute approximate surface area is 95.3 Å². The fourth-order valence-electron chi connectivity index (χ4n) is 1.64. The average molecular weight is 244 g/mol. The van der Waals surface area contributed by atoms with Crippen LogP contribution in [0.4, 0.5) is 8.78 Å². The lowest BCUT2D eigenvalue weighted by molar-refractivity contribution is 0.101. The summed E-state index contributed by atoms with van der Waals surface area (Å²) in [6, 6.07) is 0. The Hall–Kier alpha value is -1.29. The first kappa shape index (κ1) is 11.2. The molecule has 0 spiro atoms. The van der Waals surface area contributed by atoms with Gasteiger partial charge in [-0.2, -0.15) is 0 Å². The maximum absolute atomic E-state index is 13.2. The quantitative estimate of drug-likeness (QED) is 0.548. The maximum atomic E-state index is 13.2. The highest BCUT2D eigenvalue weighted by Gasteiger charge is 2.21. The van der Waals surface area contributed by atoms with Gasteiger partial charge in [0.15, 0.2) is 18.1 Å². The molecule has 2 atom stereocenters. The summed E-state index contributed by atoms with van der Waals surface area (Å²) in [6.45, 7) is 1.34. The van der Waals surface area contributed by atoms with E-state index in [4.69, 9.17) is 11.6 Å². The van der Waals surface area contributed by atoms with Crippen molar-refractivity contribution in [2.45, 2.75) is 19.3 Å². The van der Waals surface area contributed by atoms with E-state index >= 15 is 0 Å². The Kier molecular flexibility index (Phi) is 2.76. The molecule has 1 aliphatic rings. The minimum Gasteiger partial charge on any atom is -0.294 e. The van der Waals surface area contributed by atoms with Crippen LogP contribution in [0.5, 0.6) is 0 Å². The summed E-state index contributed by atoms with van der Waals surface area (Å²) >= 11 is 5.77. The number of aromatic nitrogens is 1. The molecule has 0 aliphatic heterocycles. The van der Waals surface area contributed by atoms with Gasteiger partial charge >= 0.3 is 0 Å². The number of pyridine rings is 1. The maximum Gasteiger partial charge on any atom is 0.161 e. The van der Waals surface area contributed by atoms with Gasteiger partial charge < -0.3 is 0 Å². The van der Waals surface area contributed by atoms with E-state index in [-0.39, 0.29) is 21.7 Å².